The maximum atomic E-state index is 11.7. The van der Waals surface area contributed by atoms with Crippen LogP contribution in [0.3, 0.4) is 0 Å². The van der Waals surface area contributed by atoms with Gasteiger partial charge in [0.25, 0.3) is 5.91 Å². The van der Waals surface area contributed by atoms with E-state index in [0.717, 1.165) is 0 Å². The summed E-state index contributed by atoms with van der Waals surface area (Å²) in [6.07, 6.45) is 0.705. The standard InChI is InChI=1S/C14H18BrNO5/c1-9(7-19-2)16-13(18)8-21-14-11(15)4-10(6-17)5-12(14)20-3/h4-6,9H,7-8H2,1-3H3,(H,16,18). The minimum absolute atomic E-state index is 0.103. The average Bonchev–Trinajstić information content (AvgIpc) is 2.45. The third-order valence-electron chi connectivity index (χ3n) is 2.56. The molecule has 0 spiro atoms. The zero-order chi connectivity index (χ0) is 15.8. The molecule has 0 saturated heterocycles. The SMILES string of the molecule is COCC(C)NC(=O)COc1c(Br)cc(C=O)cc1OC. The van der Waals surface area contributed by atoms with Gasteiger partial charge >= 0.3 is 0 Å². The number of hydrogen-bond donors (Lipinski definition) is 1. The molecule has 1 aromatic carbocycles. The van der Waals surface area contributed by atoms with Gasteiger partial charge in [-0.05, 0) is 35.0 Å². The summed E-state index contributed by atoms with van der Waals surface area (Å²) >= 11 is 3.29. The van der Waals surface area contributed by atoms with Gasteiger partial charge in [-0.25, -0.2) is 0 Å². The maximum Gasteiger partial charge on any atom is 0.258 e. The molecule has 1 amide bonds. The summed E-state index contributed by atoms with van der Waals surface area (Å²) in [5, 5.41) is 2.73. The molecule has 0 bridgehead atoms. The normalized spacial score (nSPS) is 11.6. The Morgan fingerprint density at radius 1 is 1.43 bits per heavy atom. The van der Waals surface area contributed by atoms with E-state index < -0.39 is 0 Å². The first kappa shape index (κ1) is 17.5. The van der Waals surface area contributed by atoms with E-state index in [2.05, 4.69) is 21.2 Å². The number of halogens is 1. The predicted octanol–water partition coefficient (Wildman–Crippen LogP) is 1.80. The molecule has 0 radical (unpaired) electrons. The van der Waals surface area contributed by atoms with E-state index in [-0.39, 0.29) is 18.6 Å². The van der Waals surface area contributed by atoms with Crippen molar-refractivity contribution in [2.24, 2.45) is 0 Å². The number of hydrogen-bond acceptors (Lipinski definition) is 5. The van der Waals surface area contributed by atoms with Crippen LogP contribution in [0, 0.1) is 0 Å². The van der Waals surface area contributed by atoms with Crippen molar-refractivity contribution in [2.45, 2.75) is 13.0 Å². The lowest BCUT2D eigenvalue weighted by atomic mass is 10.2. The number of aldehydes is 1. The zero-order valence-electron chi connectivity index (χ0n) is 12.1. The summed E-state index contributed by atoms with van der Waals surface area (Å²) in [6.45, 7) is 2.09. The molecule has 1 aromatic rings. The van der Waals surface area contributed by atoms with Gasteiger partial charge in [-0.15, -0.1) is 0 Å². The first-order valence-electron chi connectivity index (χ1n) is 6.25. The summed E-state index contributed by atoms with van der Waals surface area (Å²) in [4.78, 5) is 22.5. The fourth-order valence-electron chi connectivity index (χ4n) is 1.69. The van der Waals surface area contributed by atoms with Crippen LogP contribution in [-0.2, 0) is 9.53 Å². The van der Waals surface area contributed by atoms with Gasteiger partial charge in [0.2, 0.25) is 0 Å². The molecule has 0 aliphatic carbocycles. The highest BCUT2D eigenvalue weighted by Crippen LogP contribution is 2.36. The van der Waals surface area contributed by atoms with E-state index >= 15 is 0 Å². The second kappa shape index (κ2) is 8.63. The quantitative estimate of drug-likeness (QED) is 0.716. The Balaban J connectivity index is 2.70. The Morgan fingerprint density at radius 2 is 2.14 bits per heavy atom. The fraction of sp³-hybridized carbons (Fsp3) is 0.429. The molecule has 0 fully saturated rings. The van der Waals surface area contributed by atoms with Crippen molar-refractivity contribution < 1.29 is 23.8 Å². The summed E-state index contributed by atoms with van der Waals surface area (Å²) in [6, 6.07) is 3.03. The second-order valence-electron chi connectivity index (χ2n) is 4.36. The van der Waals surface area contributed by atoms with Crippen LogP contribution in [-0.4, -0.2) is 45.7 Å². The molecular formula is C14H18BrNO5. The molecule has 116 valence electrons. The van der Waals surface area contributed by atoms with Crippen LogP contribution in [0.2, 0.25) is 0 Å². The largest absolute Gasteiger partial charge is 0.493 e. The van der Waals surface area contributed by atoms with Gasteiger partial charge in [0.05, 0.1) is 18.2 Å². The van der Waals surface area contributed by atoms with Crippen molar-refractivity contribution in [1.29, 1.82) is 0 Å². The topological polar surface area (TPSA) is 73.9 Å². The Labute approximate surface area is 131 Å². The summed E-state index contributed by atoms with van der Waals surface area (Å²) in [7, 11) is 3.03. The minimum atomic E-state index is -0.270. The maximum absolute atomic E-state index is 11.7. The molecular weight excluding hydrogens is 342 g/mol. The van der Waals surface area contributed by atoms with E-state index in [9.17, 15) is 9.59 Å². The van der Waals surface area contributed by atoms with Crippen LogP contribution < -0.4 is 14.8 Å². The van der Waals surface area contributed by atoms with Crippen LogP contribution in [0.1, 0.15) is 17.3 Å². The van der Waals surface area contributed by atoms with E-state index in [1.807, 2.05) is 6.92 Å². The molecule has 0 aliphatic heterocycles. The molecule has 0 aliphatic rings. The highest BCUT2D eigenvalue weighted by Gasteiger charge is 2.14. The Kier molecular flexibility index (Phi) is 7.18. The number of carbonyl (C=O) groups is 2. The van der Waals surface area contributed by atoms with Gasteiger partial charge in [0.15, 0.2) is 18.1 Å². The van der Waals surface area contributed by atoms with Gasteiger partial charge in [0.1, 0.15) is 6.29 Å². The van der Waals surface area contributed by atoms with Crippen molar-refractivity contribution >= 4 is 28.1 Å². The number of methoxy groups -OCH3 is 2. The number of amides is 1. The number of benzene rings is 1. The molecule has 0 aromatic heterocycles. The monoisotopic (exact) mass is 359 g/mol. The van der Waals surface area contributed by atoms with Crippen molar-refractivity contribution in [3.05, 3.63) is 22.2 Å². The summed E-state index contributed by atoms with van der Waals surface area (Å²) in [5.74, 6) is 0.481. The van der Waals surface area contributed by atoms with E-state index in [1.165, 1.54) is 7.11 Å². The van der Waals surface area contributed by atoms with Crippen molar-refractivity contribution in [3.8, 4) is 11.5 Å². The number of carbonyl (C=O) groups excluding carboxylic acids is 2. The minimum Gasteiger partial charge on any atom is -0.493 e. The number of rotatable bonds is 8. The first-order valence-corrected chi connectivity index (χ1v) is 7.05. The molecule has 0 saturated carbocycles. The van der Waals surface area contributed by atoms with Crippen LogP contribution in [0.15, 0.2) is 16.6 Å². The lowest BCUT2D eigenvalue weighted by Crippen LogP contribution is -2.38. The van der Waals surface area contributed by atoms with Crippen molar-refractivity contribution in [2.75, 3.05) is 27.4 Å². The third-order valence-corrected chi connectivity index (χ3v) is 3.15. The number of nitrogens with one attached hydrogen (secondary N) is 1. The van der Waals surface area contributed by atoms with Crippen LogP contribution >= 0.6 is 15.9 Å². The molecule has 21 heavy (non-hydrogen) atoms. The van der Waals surface area contributed by atoms with Gasteiger partial charge in [0, 0.05) is 18.7 Å². The van der Waals surface area contributed by atoms with Gasteiger partial charge < -0.3 is 19.5 Å². The highest BCUT2D eigenvalue weighted by molar-refractivity contribution is 9.10. The Hall–Kier alpha value is -1.60. The molecule has 1 rings (SSSR count). The lowest BCUT2D eigenvalue weighted by molar-refractivity contribution is -0.124. The van der Waals surface area contributed by atoms with Gasteiger partial charge in [-0.1, -0.05) is 0 Å². The smallest absolute Gasteiger partial charge is 0.258 e. The lowest BCUT2D eigenvalue weighted by Gasteiger charge is -2.15. The van der Waals surface area contributed by atoms with E-state index in [1.54, 1.807) is 19.2 Å². The predicted molar refractivity (Wildman–Crippen MR) is 81.1 cm³/mol. The highest BCUT2D eigenvalue weighted by atomic mass is 79.9. The van der Waals surface area contributed by atoms with Crippen LogP contribution in [0.5, 0.6) is 11.5 Å². The average molecular weight is 360 g/mol. The number of ether oxygens (including phenoxy) is 3. The van der Waals surface area contributed by atoms with Crippen LogP contribution in [0.25, 0.3) is 0 Å². The molecule has 0 heterocycles. The van der Waals surface area contributed by atoms with Crippen molar-refractivity contribution in [1.82, 2.24) is 5.32 Å². The van der Waals surface area contributed by atoms with Crippen molar-refractivity contribution in [3.63, 3.8) is 0 Å². The molecule has 7 heteroatoms. The first-order chi connectivity index (χ1) is 10.0. The Morgan fingerprint density at radius 3 is 2.71 bits per heavy atom. The molecule has 1 unspecified atom stereocenters. The van der Waals surface area contributed by atoms with Gasteiger partial charge in [-0.3, -0.25) is 9.59 Å². The molecule has 6 nitrogen and oxygen atoms in total. The van der Waals surface area contributed by atoms with E-state index in [0.29, 0.717) is 34.4 Å². The Bertz CT molecular complexity index is 506. The van der Waals surface area contributed by atoms with E-state index in [4.69, 9.17) is 14.2 Å². The molecule has 1 atom stereocenters. The third kappa shape index (κ3) is 5.35. The summed E-state index contributed by atoms with van der Waals surface area (Å²) < 4.78 is 16.1. The van der Waals surface area contributed by atoms with Gasteiger partial charge in [-0.2, -0.15) is 0 Å². The fourth-order valence-corrected chi connectivity index (χ4v) is 2.27. The second-order valence-corrected chi connectivity index (χ2v) is 5.22. The van der Waals surface area contributed by atoms with Crippen LogP contribution in [0.4, 0.5) is 0 Å². The zero-order valence-corrected chi connectivity index (χ0v) is 13.7. The molecule has 1 N–H and O–H groups in total. The summed E-state index contributed by atoms with van der Waals surface area (Å²) in [5.41, 5.74) is 0.448.